The molecule has 2 aromatic rings. The van der Waals surface area contributed by atoms with E-state index in [4.69, 9.17) is 4.74 Å². The van der Waals surface area contributed by atoms with Crippen LogP contribution in [0.15, 0.2) is 36.4 Å². The lowest BCUT2D eigenvalue weighted by atomic mass is 9.98. The third-order valence-corrected chi connectivity index (χ3v) is 3.17. The van der Waals surface area contributed by atoms with Crippen LogP contribution in [0.3, 0.4) is 0 Å². The smallest absolute Gasteiger partial charge is 0.194 e. The van der Waals surface area contributed by atoms with E-state index in [1.165, 1.54) is 0 Å². The number of nitrogens with one attached hydrogen (secondary N) is 1. The summed E-state index contributed by atoms with van der Waals surface area (Å²) >= 11 is 0. The molecule has 0 amide bonds. The molecule has 1 unspecified atom stereocenters. The summed E-state index contributed by atoms with van der Waals surface area (Å²) < 4.78 is 45.1. The van der Waals surface area contributed by atoms with Gasteiger partial charge in [-0.25, -0.2) is 13.2 Å². The largest absolute Gasteiger partial charge is 0.497 e. The first-order chi connectivity index (χ1) is 10.1. The summed E-state index contributed by atoms with van der Waals surface area (Å²) in [5.74, 6) is -3.22. The van der Waals surface area contributed by atoms with Crippen LogP contribution in [0.2, 0.25) is 0 Å². The topological polar surface area (TPSA) is 21.3 Å². The molecule has 5 heteroatoms. The molecule has 0 aliphatic rings. The molecule has 1 N–H and O–H groups in total. The number of ether oxygens (including phenoxy) is 1. The van der Waals surface area contributed by atoms with E-state index in [2.05, 4.69) is 5.32 Å². The first kappa shape index (κ1) is 15.4. The fourth-order valence-electron chi connectivity index (χ4n) is 2.20. The van der Waals surface area contributed by atoms with E-state index in [0.29, 0.717) is 17.9 Å². The highest BCUT2D eigenvalue weighted by atomic mass is 19.2. The third kappa shape index (κ3) is 3.36. The van der Waals surface area contributed by atoms with E-state index in [-0.39, 0.29) is 0 Å². The molecule has 0 radical (unpaired) electrons. The fourth-order valence-corrected chi connectivity index (χ4v) is 2.20. The summed E-state index contributed by atoms with van der Waals surface area (Å²) in [6, 6.07) is 8.71. The summed E-state index contributed by atoms with van der Waals surface area (Å²) in [5, 5.41) is 3.13. The van der Waals surface area contributed by atoms with E-state index < -0.39 is 23.5 Å². The minimum atomic E-state index is -1.46. The monoisotopic (exact) mass is 295 g/mol. The van der Waals surface area contributed by atoms with Crippen molar-refractivity contribution in [3.63, 3.8) is 0 Å². The van der Waals surface area contributed by atoms with Gasteiger partial charge in [0, 0.05) is 0 Å². The zero-order valence-electron chi connectivity index (χ0n) is 11.8. The van der Waals surface area contributed by atoms with Crippen molar-refractivity contribution < 1.29 is 17.9 Å². The van der Waals surface area contributed by atoms with Crippen molar-refractivity contribution in [3.8, 4) is 5.75 Å². The van der Waals surface area contributed by atoms with Gasteiger partial charge >= 0.3 is 0 Å². The second-order valence-electron chi connectivity index (χ2n) is 4.57. The van der Waals surface area contributed by atoms with Crippen molar-refractivity contribution in [2.45, 2.75) is 13.0 Å². The Morgan fingerprint density at radius 2 is 1.71 bits per heavy atom. The Hall–Kier alpha value is -2.01. The van der Waals surface area contributed by atoms with Gasteiger partial charge in [0.1, 0.15) is 5.75 Å². The molecule has 21 heavy (non-hydrogen) atoms. The minimum absolute atomic E-state index is 0.321. The lowest BCUT2D eigenvalue weighted by molar-refractivity contribution is 0.413. The van der Waals surface area contributed by atoms with E-state index in [9.17, 15) is 13.2 Å². The Kier molecular flexibility index (Phi) is 4.85. The molecular formula is C16H16F3NO. The van der Waals surface area contributed by atoms with Gasteiger partial charge in [-0.3, -0.25) is 0 Å². The van der Waals surface area contributed by atoms with Crippen LogP contribution in [0.25, 0.3) is 0 Å². The van der Waals surface area contributed by atoms with Gasteiger partial charge in [-0.2, -0.15) is 0 Å². The molecule has 0 heterocycles. The summed E-state index contributed by atoms with van der Waals surface area (Å²) in [7, 11) is 1.54. The van der Waals surface area contributed by atoms with Crippen LogP contribution in [0.5, 0.6) is 5.75 Å². The van der Waals surface area contributed by atoms with Crippen molar-refractivity contribution in [2.24, 2.45) is 0 Å². The summed E-state index contributed by atoms with van der Waals surface area (Å²) in [6.07, 6.45) is 0. The number of hydrogen-bond acceptors (Lipinski definition) is 2. The Morgan fingerprint density at radius 1 is 1.05 bits per heavy atom. The van der Waals surface area contributed by atoms with Crippen LogP contribution < -0.4 is 10.1 Å². The number of rotatable bonds is 5. The fraction of sp³-hybridized carbons (Fsp3) is 0.250. The average molecular weight is 295 g/mol. The van der Waals surface area contributed by atoms with E-state index >= 15 is 0 Å². The van der Waals surface area contributed by atoms with Gasteiger partial charge in [-0.1, -0.05) is 19.1 Å². The molecule has 0 saturated heterocycles. The van der Waals surface area contributed by atoms with Crippen LogP contribution in [-0.4, -0.2) is 13.7 Å². The summed E-state index contributed by atoms with van der Waals surface area (Å²) in [4.78, 5) is 0. The first-order valence-corrected chi connectivity index (χ1v) is 6.58. The molecule has 0 aromatic heterocycles. The molecule has 2 nitrogen and oxygen atoms in total. The Bertz CT molecular complexity index is 608. The second kappa shape index (κ2) is 6.63. The van der Waals surface area contributed by atoms with Crippen LogP contribution >= 0.6 is 0 Å². The summed E-state index contributed by atoms with van der Waals surface area (Å²) in [5.41, 5.74) is 1.10. The molecule has 0 aliphatic heterocycles. The van der Waals surface area contributed by atoms with Crippen molar-refractivity contribution >= 4 is 0 Å². The summed E-state index contributed by atoms with van der Waals surface area (Å²) in [6.45, 7) is 2.46. The van der Waals surface area contributed by atoms with Gasteiger partial charge in [0.25, 0.3) is 0 Å². The number of benzene rings is 2. The van der Waals surface area contributed by atoms with Crippen molar-refractivity contribution in [1.82, 2.24) is 5.32 Å². The van der Waals surface area contributed by atoms with E-state index in [1.54, 1.807) is 25.3 Å². The maximum absolute atomic E-state index is 13.4. The van der Waals surface area contributed by atoms with Gasteiger partial charge in [0.2, 0.25) is 0 Å². The third-order valence-electron chi connectivity index (χ3n) is 3.17. The molecule has 0 spiro atoms. The number of halogens is 3. The van der Waals surface area contributed by atoms with Crippen molar-refractivity contribution in [2.75, 3.05) is 13.7 Å². The Labute approximate surface area is 121 Å². The Balaban J connectivity index is 2.47. The lowest BCUT2D eigenvalue weighted by Crippen LogP contribution is -2.22. The molecule has 2 rings (SSSR count). The van der Waals surface area contributed by atoms with E-state index in [1.807, 2.05) is 13.0 Å². The Morgan fingerprint density at radius 3 is 2.29 bits per heavy atom. The quantitative estimate of drug-likeness (QED) is 0.847. The average Bonchev–Trinajstić information content (AvgIpc) is 2.49. The molecule has 1 atom stereocenters. The number of methoxy groups -OCH3 is 1. The highest BCUT2D eigenvalue weighted by Gasteiger charge is 2.18. The maximum Gasteiger partial charge on any atom is 0.194 e. The minimum Gasteiger partial charge on any atom is -0.497 e. The van der Waals surface area contributed by atoms with Gasteiger partial charge in [-0.05, 0) is 41.9 Å². The first-order valence-electron chi connectivity index (χ1n) is 6.58. The van der Waals surface area contributed by atoms with Gasteiger partial charge < -0.3 is 10.1 Å². The highest BCUT2D eigenvalue weighted by molar-refractivity contribution is 5.37. The second-order valence-corrected chi connectivity index (χ2v) is 4.57. The molecule has 0 bridgehead atoms. The van der Waals surface area contributed by atoms with Gasteiger partial charge in [0.15, 0.2) is 17.5 Å². The van der Waals surface area contributed by atoms with Gasteiger partial charge in [-0.15, -0.1) is 0 Å². The molecule has 112 valence electrons. The predicted molar refractivity (Wildman–Crippen MR) is 74.8 cm³/mol. The van der Waals surface area contributed by atoms with E-state index in [0.717, 1.165) is 17.7 Å². The van der Waals surface area contributed by atoms with Gasteiger partial charge in [0.05, 0.1) is 13.2 Å². The van der Waals surface area contributed by atoms with Crippen LogP contribution in [-0.2, 0) is 0 Å². The lowest BCUT2D eigenvalue weighted by Gasteiger charge is -2.20. The highest BCUT2D eigenvalue weighted by Crippen LogP contribution is 2.27. The normalized spacial score (nSPS) is 12.2. The molecule has 0 aliphatic carbocycles. The zero-order chi connectivity index (χ0) is 15.4. The van der Waals surface area contributed by atoms with Crippen LogP contribution in [0, 0.1) is 17.5 Å². The van der Waals surface area contributed by atoms with Crippen LogP contribution in [0.1, 0.15) is 24.1 Å². The number of hydrogen-bond donors (Lipinski definition) is 1. The predicted octanol–water partition coefficient (Wildman–Crippen LogP) is 3.81. The molecule has 0 saturated carbocycles. The SMILES string of the molecule is CCNC(c1cccc(OC)c1)c1cc(F)c(F)c(F)c1. The van der Waals surface area contributed by atoms with Crippen molar-refractivity contribution in [3.05, 3.63) is 65.0 Å². The van der Waals surface area contributed by atoms with Crippen molar-refractivity contribution in [1.29, 1.82) is 0 Å². The van der Waals surface area contributed by atoms with Crippen LogP contribution in [0.4, 0.5) is 13.2 Å². The molecule has 2 aromatic carbocycles. The standard InChI is InChI=1S/C16H16F3NO/c1-3-20-16(10-5-4-6-12(7-10)21-2)11-8-13(17)15(19)14(18)9-11/h4-9,16,20H,3H2,1-2H3. The maximum atomic E-state index is 13.4. The zero-order valence-corrected chi connectivity index (χ0v) is 11.8. The molecular weight excluding hydrogens is 279 g/mol. The molecule has 0 fully saturated rings.